The van der Waals surface area contributed by atoms with E-state index in [1.807, 2.05) is 18.2 Å². The van der Waals surface area contributed by atoms with Gasteiger partial charge in [-0.05, 0) is 29.5 Å². The number of hydrogen-bond acceptors (Lipinski definition) is 3. The van der Waals surface area contributed by atoms with Crippen LogP contribution in [0.3, 0.4) is 0 Å². The molecule has 1 aromatic heterocycles. The van der Waals surface area contributed by atoms with Crippen LogP contribution in [0.4, 0.5) is 5.13 Å². The molecular weight excluding hydrogens is 264 g/mol. The molecule has 0 aliphatic carbocycles. The zero-order valence-corrected chi connectivity index (χ0v) is 12.8. The Kier molecular flexibility index (Phi) is 3.83. The zero-order valence-electron chi connectivity index (χ0n) is 11.2. The average Bonchev–Trinajstić information content (AvgIpc) is 2.68. The van der Waals surface area contributed by atoms with E-state index in [2.05, 4.69) is 38.0 Å². The van der Waals surface area contributed by atoms with E-state index < -0.39 is 0 Å². The summed E-state index contributed by atoms with van der Waals surface area (Å²) in [5.74, 6) is 0.633. The van der Waals surface area contributed by atoms with E-state index in [-0.39, 0.29) is 5.41 Å². The Hall–Kier alpha value is -0.800. The van der Waals surface area contributed by atoms with Gasteiger partial charge in [-0.3, -0.25) is 0 Å². The van der Waals surface area contributed by atoms with E-state index in [9.17, 15) is 0 Å². The van der Waals surface area contributed by atoms with Gasteiger partial charge in [-0.2, -0.15) is 0 Å². The number of benzene rings is 1. The Morgan fingerprint density at radius 2 is 2.11 bits per heavy atom. The maximum atomic E-state index is 5.98. The van der Waals surface area contributed by atoms with Gasteiger partial charge < -0.3 is 5.32 Å². The van der Waals surface area contributed by atoms with Gasteiger partial charge in [-0.1, -0.05) is 50.6 Å². The molecule has 2 aromatic rings. The minimum atomic E-state index is 0.259. The van der Waals surface area contributed by atoms with E-state index >= 15 is 0 Å². The van der Waals surface area contributed by atoms with Crippen LogP contribution in [-0.4, -0.2) is 11.5 Å². The monoisotopic (exact) mass is 282 g/mol. The first kappa shape index (κ1) is 13.6. The lowest BCUT2D eigenvalue weighted by Gasteiger charge is -2.29. The van der Waals surface area contributed by atoms with Crippen LogP contribution >= 0.6 is 22.9 Å². The molecule has 98 valence electrons. The zero-order chi connectivity index (χ0) is 13.3. The molecule has 18 heavy (non-hydrogen) atoms. The quantitative estimate of drug-likeness (QED) is 0.849. The molecule has 0 unspecified atom stereocenters. The molecule has 0 aliphatic heterocycles. The van der Waals surface area contributed by atoms with Crippen LogP contribution in [0.5, 0.6) is 0 Å². The minimum absolute atomic E-state index is 0.259. The van der Waals surface area contributed by atoms with Crippen LogP contribution in [0.1, 0.15) is 27.7 Å². The van der Waals surface area contributed by atoms with Crippen molar-refractivity contribution in [1.82, 2.24) is 4.98 Å². The molecule has 2 nitrogen and oxygen atoms in total. The lowest BCUT2D eigenvalue weighted by Crippen LogP contribution is -2.28. The van der Waals surface area contributed by atoms with Crippen molar-refractivity contribution < 1.29 is 0 Å². The number of nitrogens with one attached hydrogen (secondary N) is 1. The lowest BCUT2D eigenvalue weighted by molar-refractivity contribution is 0.269. The Bertz CT molecular complexity index is 546. The van der Waals surface area contributed by atoms with Gasteiger partial charge in [0.15, 0.2) is 5.13 Å². The van der Waals surface area contributed by atoms with Crippen molar-refractivity contribution in [2.75, 3.05) is 11.9 Å². The summed E-state index contributed by atoms with van der Waals surface area (Å²) in [5.41, 5.74) is 1.27. The van der Waals surface area contributed by atoms with Crippen LogP contribution in [0.15, 0.2) is 18.2 Å². The third-order valence-electron chi connectivity index (χ3n) is 3.61. The predicted octanol–water partition coefficient (Wildman–Crippen LogP) is 5.04. The second kappa shape index (κ2) is 5.06. The van der Waals surface area contributed by atoms with Gasteiger partial charge >= 0.3 is 0 Å². The van der Waals surface area contributed by atoms with Gasteiger partial charge in [-0.25, -0.2) is 4.98 Å². The van der Waals surface area contributed by atoms with Crippen LogP contribution in [0, 0.1) is 11.3 Å². The molecule has 1 aromatic carbocycles. The van der Waals surface area contributed by atoms with Gasteiger partial charge in [0.1, 0.15) is 0 Å². The fourth-order valence-corrected chi connectivity index (χ4v) is 2.62. The summed E-state index contributed by atoms with van der Waals surface area (Å²) in [4.78, 5) is 4.56. The largest absolute Gasteiger partial charge is 0.361 e. The summed E-state index contributed by atoms with van der Waals surface area (Å²) in [6.07, 6.45) is 0. The van der Waals surface area contributed by atoms with Gasteiger partial charge in [0.2, 0.25) is 0 Å². The molecule has 4 heteroatoms. The van der Waals surface area contributed by atoms with Crippen molar-refractivity contribution in [2.45, 2.75) is 27.7 Å². The molecule has 0 radical (unpaired) electrons. The van der Waals surface area contributed by atoms with Crippen molar-refractivity contribution >= 4 is 38.3 Å². The van der Waals surface area contributed by atoms with Crippen molar-refractivity contribution in [2.24, 2.45) is 11.3 Å². The van der Waals surface area contributed by atoms with E-state index in [0.717, 1.165) is 26.9 Å². The fourth-order valence-electron chi connectivity index (χ4n) is 1.48. The van der Waals surface area contributed by atoms with Crippen molar-refractivity contribution in [3.05, 3.63) is 23.2 Å². The SMILES string of the molecule is CC(C)C(C)(C)CNc1nc2ccc(Cl)cc2s1. The molecule has 0 bridgehead atoms. The van der Waals surface area contributed by atoms with E-state index in [1.165, 1.54) is 0 Å². The van der Waals surface area contributed by atoms with Gasteiger partial charge in [0.05, 0.1) is 10.2 Å². The van der Waals surface area contributed by atoms with Crippen LogP contribution in [-0.2, 0) is 0 Å². The standard InChI is InChI=1S/C14H19ClN2S/c1-9(2)14(3,4)8-16-13-17-11-6-5-10(15)7-12(11)18-13/h5-7,9H,8H2,1-4H3,(H,16,17). The number of thiazole rings is 1. The van der Waals surface area contributed by atoms with Crippen LogP contribution in [0.25, 0.3) is 10.2 Å². The first-order valence-corrected chi connectivity index (χ1v) is 7.38. The van der Waals surface area contributed by atoms with Gasteiger partial charge in [0, 0.05) is 11.6 Å². The second-order valence-corrected chi connectivity index (χ2v) is 7.09. The number of anilines is 1. The number of halogens is 1. The summed E-state index contributed by atoms with van der Waals surface area (Å²) in [7, 11) is 0. The first-order chi connectivity index (χ1) is 8.38. The molecule has 0 spiro atoms. The minimum Gasteiger partial charge on any atom is -0.361 e. The smallest absolute Gasteiger partial charge is 0.183 e. The highest BCUT2D eigenvalue weighted by atomic mass is 35.5. The number of nitrogens with zero attached hydrogens (tertiary/aromatic N) is 1. The molecule has 0 amide bonds. The first-order valence-electron chi connectivity index (χ1n) is 6.18. The Morgan fingerprint density at radius 3 is 2.78 bits per heavy atom. The fraction of sp³-hybridized carbons (Fsp3) is 0.500. The normalized spacial score (nSPS) is 12.3. The highest BCUT2D eigenvalue weighted by molar-refractivity contribution is 7.22. The van der Waals surface area contributed by atoms with Crippen LogP contribution in [0.2, 0.25) is 5.02 Å². The maximum Gasteiger partial charge on any atom is 0.183 e. The predicted molar refractivity (Wildman–Crippen MR) is 81.7 cm³/mol. The molecule has 0 saturated heterocycles. The van der Waals surface area contributed by atoms with Crippen molar-refractivity contribution in [3.63, 3.8) is 0 Å². The number of rotatable bonds is 4. The molecule has 0 saturated carbocycles. The second-order valence-electron chi connectivity index (χ2n) is 5.63. The molecule has 0 fully saturated rings. The van der Waals surface area contributed by atoms with E-state index in [4.69, 9.17) is 11.6 Å². The number of hydrogen-bond donors (Lipinski definition) is 1. The summed E-state index contributed by atoms with van der Waals surface area (Å²) in [6.45, 7) is 9.97. The molecule has 1 heterocycles. The number of aromatic nitrogens is 1. The number of fused-ring (bicyclic) bond motifs is 1. The Balaban J connectivity index is 2.13. The third kappa shape index (κ3) is 2.96. The molecule has 1 N–H and O–H groups in total. The van der Waals surface area contributed by atoms with Crippen molar-refractivity contribution in [1.29, 1.82) is 0 Å². The maximum absolute atomic E-state index is 5.98. The molecule has 0 aliphatic rings. The van der Waals surface area contributed by atoms with Crippen molar-refractivity contribution in [3.8, 4) is 0 Å². The molecule has 0 atom stereocenters. The molecular formula is C14H19ClN2S. The summed E-state index contributed by atoms with van der Waals surface area (Å²) >= 11 is 7.63. The highest BCUT2D eigenvalue weighted by Gasteiger charge is 2.22. The van der Waals surface area contributed by atoms with E-state index in [1.54, 1.807) is 11.3 Å². The summed E-state index contributed by atoms with van der Waals surface area (Å²) in [6, 6.07) is 5.81. The average molecular weight is 283 g/mol. The Labute approximate surface area is 117 Å². The van der Waals surface area contributed by atoms with Crippen LogP contribution < -0.4 is 5.32 Å². The summed E-state index contributed by atoms with van der Waals surface area (Å²) < 4.78 is 1.13. The van der Waals surface area contributed by atoms with Gasteiger partial charge in [0.25, 0.3) is 0 Å². The Morgan fingerprint density at radius 1 is 1.39 bits per heavy atom. The van der Waals surface area contributed by atoms with Gasteiger partial charge in [-0.15, -0.1) is 0 Å². The van der Waals surface area contributed by atoms with E-state index in [0.29, 0.717) is 5.92 Å². The summed E-state index contributed by atoms with van der Waals surface area (Å²) in [5, 5.41) is 5.18. The topological polar surface area (TPSA) is 24.9 Å². The third-order valence-corrected chi connectivity index (χ3v) is 4.82. The molecule has 2 rings (SSSR count). The highest BCUT2D eigenvalue weighted by Crippen LogP contribution is 2.31. The lowest BCUT2D eigenvalue weighted by atomic mass is 9.81.